The summed E-state index contributed by atoms with van der Waals surface area (Å²) in [5.74, 6) is 1.80. The van der Waals surface area contributed by atoms with Crippen LogP contribution in [0.15, 0.2) is 205 Å². The van der Waals surface area contributed by atoms with Crippen LogP contribution in [0, 0.1) is 0 Å². The molecule has 0 bridgehead atoms. The summed E-state index contributed by atoms with van der Waals surface area (Å²) in [7, 11) is 6.63. The number of unbranched alkanes of at least 4 members (excludes halogenated alkanes) is 5. The van der Waals surface area contributed by atoms with E-state index in [0.717, 1.165) is 123 Å². The molecule has 10 rings (SSSR count). The molecule has 12 nitrogen and oxygen atoms in total. The Labute approximate surface area is 493 Å². The van der Waals surface area contributed by atoms with E-state index in [2.05, 4.69) is 65.3 Å². The predicted molar refractivity (Wildman–Crippen MR) is 336 cm³/mol. The average molecular weight is 1120 g/mol. The molecule has 428 valence electrons. The standard InChI is InChI=1S/C72H72N4O8/c1-9-10-11-12-13-14-47-73-68(53-19-15-49(16-20-53)51-23-27-55(28-24-51)75(57-31-39-61(80-5)40-32-57)58-33-41-62(81-6)42-34-58)66-67(70(73)78)69(74(71(66)79)48-65(77)84-72(2,3)4)54-21-17-50(18-22-54)52-25-29-56(30-26-52)76(59-35-43-63(82-7)44-36-59)60-37-45-64(83-8)46-38-60/h15-46H,9-14,47-48H2,1-8H3. The number of rotatable bonds is 23. The maximum absolute atomic E-state index is 15.3. The van der Waals surface area contributed by atoms with Gasteiger partial charge in [-0.3, -0.25) is 19.3 Å². The van der Waals surface area contributed by atoms with Crippen molar-refractivity contribution in [2.75, 3.05) is 51.3 Å². The van der Waals surface area contributed by atoms with Crippen LogP contribution < -0.4 is 28.7 Å². The Hall–Kier alpha value is -9.55. The largest absolute Gasteiger partial charge is 0.497 e. The molecule has 8 aromatic carbocycles. The van der Waals surface area contributed by atoms with Gasteiger partial charge >= 0.3 is 5.97 Å². The molecular weight excluding hydrogens is 1050 g/mol. The minimum Gasteiger partial charge on any atom is -0.497 e. The van der Waals surface area contributed by atoms with Gasteiger partial charge in [-0.15, -0.1) is 0 Å². The van der Waals surface area contributed by atoms with Gasteiger partial charge in [0.05, 0.1) is 51.0 Å². The Morgan fingerprint density at radius 2 is 0.655 bits per heavy atom. The summed E-state index contributed by atoms with van der Waals surface area (Å²) in [4.78, 5) is 52.0. The lowest BCUT2D eigenvalue weighted by molar-refractivity contribution is -0.156. The second-order valence-corrected chi connectivity index (χ2v) is 21.9. The van der Waals surface area contributed by atoms with Crippen LogP contribution in [0.5, 0.6) is 23.0 Å². The van der Waals surface area contributed by atoms with E-state index < -0.39 is 17.5 Å². The van der Waals surface area contributed by atoms with Crippen LogP contribution in [0.1, 0.15) is 77.3 Å². The van der Waals surface area contributed by atoms with Crippen molar-refractivity contribution >= 4 is 63.3 Å². The molecule has 0 radical (unpaired) electrons. The van der Waals surface area contributed by atoms with E-state index in [1.54, 1.807) is 54.1 Å². The number of nitrogens with zero attached hydrogens (tertiary/aromatic N) is 4. The lowest BCUT2D eigenvalue weighted by Gasteiger charge is -2.27. The van der Waals surface area contributed by atoms with Crippen LogP contribution in [0.4, 0.5) is 34.1 Å². The lowest BCUT2D eigenvalue weighted by Crippen LogP contribution is -2.36. The highest BCUT2D eigenvalue weighted by atomic mass is 16.6. The highest BCUT2D eigenvalue weighted by Gasteiger charge is 2.49. The molecule has 0 aliphatic carbocycles. The Kier molecular flexibility index (Phi) is 17.7. The van der Waals surface area contributed by atoms with E-state index >= 15 is 9.59 Å². The maximum atomic E-state index is 15.3. The third kappa shape index (κ3) is 12.6. The summed E-state index contributed by atoms with van der Waals surface area (Å²) in [6, 6.07) is 64.4. The number of carbonyl (C=O) groups excluding carboxylic acids is 3. The van der Waals surface area contributed by atoms with Gasteiger partial charge in [0.2, 0.25) is 0 Å². The zero-order valence-corrected chi connectivity index (χ0v) is 49.2. The van der Waals surface area contributed by atoms with E-state index in [1.165, 1.54) is 4.90 Å². The first-order chi connectivity index (χ1) is 40.8. The first kappa shape index (κ1) is 57.7. The van der Waals surface area contributed by atoms with Crippen molar-refractivity contribution in [3.63, 3.8) is 0 Å². The quantitative estimate of drug-likeness (QED) is 0.0453. The SMILES string of the molecule is CCCCCCCCN1C(=O)C2=C(c3ccc(-c4ccc(N(c5ccc(OC)cc5)c5ccc(OC)cc5)cc4)cc3)N(CC(=O)OC(C)(C)C)C(=O)C2=C1c1ccc(-c2ccc(N(c3ccc(OC)cc3)c3ccc(OC)cc3)cc2)cc1. The Balaban J connectivity index is 0.995. The van der Waals surface area contributed by atoms with Crippen molar-refractivity contribution < 1.29 is 38.1 Å². The molecule has 84 heavy (non-hydrogen) atoms. The summed E-state index contributed by atoms with van der Waals surface area (Å²) < 4.78 is 27.7. The molecule has 0 atom stereocenters. The van der Waals surface area contributed by atoms with Crippen molar-refractivity contribution in [1.29, 1.82) is 0 Å². The molecule has 0 N–H and O–H groups in total. The molecule has 2 aliphatic rings. The molecule has 0 saturated heterocycles. The highest BCUT2D eigenvalue weighted by molar-refractivity contribution is 6.30. The fourth-order valence-electron chi connectivity index (χ4n) is 11.0. The number of ether oxygens (including phenoxy) is 5. The number of methoxy groups -OCH3 is 4. The molecular formula is C72H72N4O8. The summed E-state index contributed by atoms with van der Waals surface area (Å²) in [6.45, 7) is 7.66. The molecule has 2 amide bonds. The van der Waals surface area contributed by atoms with Gasteiger partial charge < -0.3 is 38.4 Å². The number of hydrogen-bond acceptors (Lipinski definition) is 10. The first-order valence-electron chi connectivity index (χ1n) is 28.7. The fraction of sp³-hybridized carbons (Fsp3) is 0.236. The Morgan fingerprint density at radius 3 is 0.976 bits per heavy atom. The van der Waals surface area contributed by atoms with Gasteiger partial charge in [-0.1, -0.05) is 112 Å². The average Bonchev–Trinajstić information content (AvgIpc) is 1.85. The van der Waals surface area contributed by atoms with Crippen LogP contribution in [-0.2, 0) is 19.1 Å². The molecule has 8 aromatic rings. The molecule has 0 saturated carbocycles. The third-order valence-corrected chi connectivity index (χ3v) is 15.2. The molecule has 0 spiro atoms. The fourth-order valence-corrected chi connectivity index (χ4v) is 11.0. The number of anilines is 6. The van der Waals surface area contributed by atoms with E-state index in [4.69, 9.17) is 23.7 Å². The second-order valence-electron chi connectivity index (χ2n) is 21.9. The topological polar surface area (TPSA) is 110 Å². The summed E-state index contributed by atoms with van der Waals surface area (Å²) in [5, 5.41) is 0. The van der Waals surface area contributed by atoms with Gasteiger partial charge in [-0.2, -0.15) is 0 Å². The van der Waals surface area contributed by atoms with Crippen LogP contribution in [-0.4, -0.2) is 74.7 Å². The van der Waals surface area contributed by atoms with Gasteiger partial charge in [-0.05, 0) is 182 Å². The molecule has 2 aliphatic heterocycles. The summed E-state index contributed by atoms with van der Waals surface area (Å²) in [6.07, 6.45) is 6.19. The van der Waals surface area contributed by atoms with Crippen molar-refractivity contribution in [1.82, 2.24) is 9.80 Å². The van der Waals surface area contributed by atoms with Gasteiger partial charge in [0.15, 0.2) is 0 Å². The number of carbonyl (C=O) groups is 3. The second kappa shape index (κ2) is 25.7. The third-order valence-electron chi connectivity index (χ3n) is 15.2. The van der Waals surface area contributed by atoms with Gasteiger partial charge in [0, 0.05) is 40.7 Å². The van der Waals surface area contributed by atoms with Gasteiger partial charge in [0.1, 0.15) is 35.1 Å². The zero-order valence-electron chi connectivity index (χ0n) is 49.2. The normalized spacial score (nSPS) is 13.1. The van der Waals surface area contributed by atoms with E-state index in [0.29, 0.717) is 23.5 Å². The summed E-state index contributed by atoms with van der Waals surface area (Å²) >= 11 is 0. The lowest BCUT2D eigenvalue weighted by atomic mass is 9.98. The molecule has 2 heterocycles. The smallest absolute Gasteiger partial charge is 0.326 e. The summed E-state index contributed by atoms with van der Waals surface area (Å²) in [5.41, 5.74) is 11.7. The van der Waals surface area contributed by atoms with Crippen molar-refractivity contribution in [2.24, 2.45) is 0 Å². The minimum atomic E-state index is -0.802. The number of amides is 2. The van der Waals surface area contributed by atoms with E-state index in [1.807, 2.05) is 146 Å². The molecule has 0 unspecified atom stereocenters. The maximum Gasteiger partial charge on any atom is 0.326 e. The van der Waals surface area contributed by atoms with Crippen LogP contribution in [0.3, 0.4) is 0 Å². The number of esters is 1. The van der Waals surface area contributed by atoms with Crippen molar-refractivity contribution in [2.45, 2.75) is 71.8 Å². The first-order valence-corrected chi connectivity index (χ1v) is 28.7. The van der Waals surface area contributed by atoms with Gasteiger partial charge in [-0.25, -0.2) is 0 Å². The monoisotopic (exact) mass is 1120 g/mol. The van der Waals surface area contributed by atoms with E-state index in [9.17, 15) is 4.79 Å². The van der Waals surface area contributed by atoms with Crippen LogP contribution in [0.25, 0.3) is 33.6 Å². The zero-order chi connectivity index (χ0) is 58.9. The van der Waals surface area contributed by atoms with Crippen molar-refractivity contribution in [3.05, 3.63) is 216 Å². The number of benzene rings is 8. The predicted octanol–water partition coefficient (Wildman–Crippen LogP) is 16.5. The highest BCUT2D eigenvalue weighted by Crippen LogP contribution is 2.48. The molecule has 0 fully saturated rings. The Morgan fingerprint density at radius 1 is 0.381 bits per heavy atom. The van der Waals surface area contributed by atoms with E-state index in [-0.39, 0.29) is 23.6 Å². The molecule has 0 aromatic heterocycles. The van der Waals surface area contributed by atoms with Gasteiger partial charge in [0.25, 0.3) is 11.8 Å². The number of fused-ring (bicyclic) bond motifs is 1. The number of hydrogen-bond donors (Lipinski definition) is 0. The Bertz CT molecular complexity index is 3550. The van der Waals surface area contributed by atoms with Crippen molar-refractivity contribution in [3.8, 4) is 45.3 Å². The minimum absolute atomic E-state index is 0.264. The van der Waals surface area contributed by atoms with Crippen LogP contribution >= 0.6 is 0 Å². The molecule has 12 heteroatoms. The van der Waals surface area contributed by atoms with Crippen LogP contribution in [0.2, 0.25) is 0 Å².